The van der Waals surface area contributed by atoms with E-state index in [0.29, 0.717) is 0 Å². The first kappa shape index (κ1) is 12.7. The summed E-state index contributed by atoms with van der Waals surface area (Å²) in [6.07, 6.45) is 2.03. The molecule has 0 amide bonds. The Morgan fingerprint density at radius 3 is 2.38 bits per heavy atom. The van der Waals surface area contributed by atoms with Gasteiger partial charge in [-0.15, -0.1) is 0 Å². The molecular formula is C12H24N2OS. The number of thioether (sulfide) groups is 1. The zero-order valence-electron chi connectivity index (χ0n) is 10.4. The van der Waals surface area contributed by atoms with E-state index in [1.807, 2.05) is 0 Å². The van der Waals surface area contributed by atoms with Crippen LogP contribution in [-0.4, -0.2) is 53.8 Å². The molecule has 16 heavy (non-hydrogen) atoms. The van der Waals surface area contributed by atoms with Crippen LogP contribution >= 0.6 is 11.8 Å². The van der Waals surface area contributed by atoms with Gasteiger partial charge in [-0.3, -0.25) is 4.90 Å². The summed E-state index contributed by atoms with van der Waals surface area (Å²) in [5.41, 5.74) is 6.45. The smallest absolute Gasteiger partial charge is 0.0484 e. The second kappa shape index (κ2) is 5.25. The lowest BCUT2D eigenvalue weighted by molar-refractivity contribution is 0.0375. The molecule has 2 unspecified atom stereocenters. The van der Waals surface area contributed by atoms with E-state index in [1.54, 1.807) is 0 Å². The van der Waals surface area contributed by atoms with Crippen molar-refractivity contribution in [2.24, 2.45) is 5.73 Å². The molecule has 2 fully saturated rings. The minimum atomic E-state index is -0.000301. The summed E-state index contributed by atoms with van der Waals surface area (Å²) in [5.74, 6) is 0. The molecule has 94 valence electrons. The maximum absolute atomic E-state index is 6.45. The van der Waals surface area contributed by atoms with E-state index in [9.17, 15) is 0 Å². The highest BCUT2D eigenvalue weighted by molar-refractivity contribution is 8.00. The number of nitrogens with zero attached hydrogens (tertiary/aromatic N) is 1. The quantitative estimate of drug-likeness (QED) is 0.795. The van der Waals surface area contributed by atoms with Crippen molar-refractivity contribution in [1.29, 1.82) is 0 Å². The van der Waals surface area contributed by atoms with Gasteiger partial charge in [0.2, 0.25) is 0 Å². The van der Waals surface area contributed by atoms with Crippen molar-refractivity contribution in [3.8, 4) is 0 Å². The fraction of sp³-hybridized carbons (Fsp3) is 1.00. The van der Waals surface area contributed by atoms with Crippen molar-refractivity contribution < 1.29 is 4.74 Å². The molecule has 2 heterocycles. The average Bonchev–Trinajstić information content (AvgIpc) is 2.15. The van der Waals surface area contributed by atoms with E-state index in [4.69, 9.17) is 10.5 Å². The molecule has 0 bridgehead atoms. The molecule has 3 nitrogen and oxygen atoms in total. The maximum Gasteiger partial charge on any atom is 0.0484 e. The van der Waals surface area contributed by atoms with Crippen molar-refractivity contribution in [3.63, 3.8) is 0 Å². The number of hydrogen-bond acceptors (Lipinski definition) is 4. The highest BCUT2D eigenvalue weighted by atomic mass is 32.2. The summed E-state index contributed by atoms with van der Waals surface area (Å²) in [5, 5.41) is 1.49. The lowest BCUT2D eigenvalue weighted by Gasteiger charge is -2.42. The lowest BCUT2D eigenvalue weighted by atomic mass is 9.90. The zero-order valence-corrected chi connectivity index (χ0v) is 11.3. The van der Waals surface area contributed by atoms with Crippen LogP contribution in [0.25, 0.3) is 0 Å². The second-order valence-corrected chi connectivity index (χ2v) is 7.31. The minimum Gasteiger partial charge on any atom is -0.381 e. The van der Waals surface area contributed by atoms with Gasteiger partial charge in [0.25, 0.3) is 0 Å². The fourth-order valence-corrected chi connectivity index (χ4v) is 4.18. The standard InChI is InChI=1S/C12H24N2OS/c1-10-7-14(8-11(2)16-10)9-12(13)3-5-15-6-4-12/h10-11H,3-9,13H2,1-2H3. The Labute approximate surface area is 103 Å². The minimum absolute atomic E-state index is 0.000301. The Kier molecular flexibility index (Phi) is 4.16. The molecule has 2 aliphatic rings. The third-order valence-corrected chi connectivity index (χ3v) is 4.75. The lowest BCUT2D eigenvalue weighted by Crippen LogP contribution is -2.56. The van der Waals surface area contributed by atoms with Gasteiger partial charge < -0.3 is 10.5 Å². The molecule has 4 heteroatoms. The molecule has 0 radical (unpaired) electrons. The predicted octanol–water partition coefficient (Wildman–Crippen LogP) is 1.32. The highest BCUT2D eigenvalue weighted by Crippen LogP contribution is 2.27. The van der Waals surface area contributed by atoms with Gasteiger partial charge in [-0.25, -0.2) is 0 Å². The van der Waals surface area contributed by atoms with E-state index in [0.717, 1.165) is 43.1 Å². The van der Waals surface area contributed by atoms with Gasteiger partial charge in [0.15, 0.2) is 0 Å². The summed E-state index contributed by atoms with van der Waals surface area (Å²) in [6, 6.07) is 0. The second-order valence-electron chi connectivity index (χ2n) is 5.43. The first-order valence-corrected chi connectivity index (χ1v) is 7.26. The number of hydrogen-bond donors (Lipinski definition) is 1. The van der Waals surface area contributed by atoms with Crippen LogP contribution in [-0.2, 0) is 4.74 Å². The Balaban J connectivity index is 1.87. The first-order chi connectivity index (χ1) is 7.57. The summed E-state index contributed by atoms with van der Waals surface area (Å²) in [4.78, 5) is 2.55. The van der Waals surface area contributed by atoms with Gasteiger partial charge in [-0.1, -0.05) is 13.8 Å². The Morgan fingerprint density at radius 2 is 1.81 bits per heavy atom. The Bertz CT molecular complexity index is 221. The van der Waals surface area contributed by atoms with Gasteiger partial charge in [0, 0.05) is 48.9 Å². The molecule has 0 aromatic rings. The number of rotatable bonds is 2. The molecule has 0 aromatic carbocycles. The highest BCUT2D eigenvalue weighted by Gasteiger charge is 2.32. The van der Waals surface area contributed by atoms with Crippen LogP contribution in [0.2, 0.25) is 0 Å². The van der Waals surface area contributed by atoms with Crippen LogP contribution in [0.3, 0.4) is 0 Å². The fourth-order valence-electron chi connectivity index (χ4n) is 2.79. The molecular weight excluding hydrogens is 220 g/mol. The van der Waals surface area contributed by atoms with E-state index in [-0.39, 0.29) is 5.54 Å². The van der Waals surface area contributed by atoms with Crippen LogP contribution in [0.4, 0.5) is 0 Å². The predicted molar refractivity (Wildman–Crippen MR) is 69.9 cm³/mol. The summed E-state index contributed by atoms with van der Waals surface area (Å²) in [6.45, 7) is 9.74. The molecule has 0 aliphatic carbocycles. The third-order valence-electron chi connectivity index (χ3n) is 3.52. The van der Waals surface area contributed by atoms with Crippen LogP contribution in [0.15, 0.2) is 0 Å². The molecule has 2 aliphatic heterocycles. The maximum atomic E-state index is 6.45. The molecule has 2 rings (SSSR count). The van der Waals surface area contributed by atoms with Crippen molar-refractivity contribution in [2.45, 2.75) is 42.7 Å². The van der Waals surface area contributed by atoms with Crippen LogP contribution in [0.5, 0.6) is 0 Å². The van der Waals surface area contributed by atoms with Crippen molar-refractivity contribution in [3.05, 3.63) is 0 Å². The summed E-state index contributed by atoms with van der Waals surface area (Å²) < 4.78 is 5.39. The monoisotopic (exact) mass is 244 g/mol. The molecule has 2 saturated heterocycles. The van der Waals surface area contributed by atoms with Crippen molar-refractivity contribution in [2.75, 3.05) is 32.8 Å². The zero-order chi connectivity index (χ0) is 11.6. The topological polar surface area (TPSA) is 38.5 Å². The number of nitrogens with two attached hydrogens (primary N) is 1. The molecule has 2 atom stereocenters. The van der Waals surface area contributed by atoms with E-state index in [2.05, 4.69) is 30.5 Å². The Morgan fingerprint density at radius 1 is 1.25 bits per heavy atom. The van der Waals surface area contributed by atoms with Gasteiger partial charge in [0.1, 0.15) is 0 Å². The molecule has 0 spiro atoms. The van der Waals surface area contributed by atoms with Crippen molar-refractivity contribution in [1.82, 2.24) is 4.90 Å². The van der Waals surface area contributed by atoms with Crippen molar-refractivity contribution >= 4 is 11.8 Å². The van der Waals surface area contributed by atoms with Gasteiger partial charge >= 0.3 is 0 Å². The van der Waals surface area contributed by atoms with Gasteiger partial charge in [-0.05, 0) is 12.8 Å². The molecule has 0 aromatic heterocycles. The van der Waals surface area contributed by atoms with Crippen LogP contribution in [0.1, 0.15) is 26.7 Å². The Hall–Kier alpha value is 0.230. The summed E-state index contributed by atoms with van der Waals surface area (Å²) >= 11 is 2.10. The first-order valence-electron chi connectivity index (χ1n) is 6.32. The SMILES string of the molecule is CC1CN(CC2(N)CCOCC2)CC(C)S1. The van der Waals surface area contributed by atoms with Crippen LogP contribution in [0, 0.1) is 0 Å². The largest absolute Gasteiger partial charge is 0.381 e. The third kappa shape index (κ3) is 3.36. The number of ether oxygens (including phenoxy) is 1. The molecule has 2 N–H and O–H groups in total. The normalized spacial score (nSPS) is 36.2. The van der Waals surface area contributed by atoms with Gasteiger partial charge in [0.05, 0.1) is 0 Å². The van der Waals surface area contributed by atoms with Gasteiger partial charge in [-0.2, -0.15) is 11.8 Å². The van der Waals surface area contributed by atoms with E-state index < -0.39 is 0 Å². The van der Waals surface area contributed by atoms with Crippen LogP contribution < -0.4 is 5.73 Å². The summed E-state index contributed by atoms with van der Waals surface area (Å²) in [7, 11) is 0. The van der Waals surface area contributed by atoms with E-state index >= 15 is 0 Å². The van der Waals surface area contributed by atoms with E-state index in [1.165, 1.54) is 13.1 Å². The average molecular weight is 244 g/mol. The molecule has 0 saturated carbocycles.